The van der Waals surface area contributed by atoms with Gasteiger partial charge in [-0.2, -0.15) is 8.78 Å². The molecule has 0 fully saturated rings. The van der Waals surface area contributed by atoms with Crippen molar-refractivity contribution in [3.63, 3.8) is 0 Å². The van der Waals surface area contributed by atoms with Crippen molar-refractivity contribution in [3.8, 4) is 28.6 Å². The molecule has 0 aliphatic rings. The van der Waals surface area contributed by atoms with E-state index in [1.165, 1.54) is 13.2 Å². The molecule has 0 amide bonds. The Bertz CT molecular complexity index is 1320. The van der Waals surface area contributed by atoms with E-state index in [2.05, 4.69) is 4.74 Å². The number of methoxy groups -OCH3 is 1. The molecule has 7 nitrogen and oxygen atoms in total. The van der Waals surface area contributed by atoms with Gasteiger partial charge in [0.05, 0.1) is 25.6 Å². The number of hydrogen-bond acceptors (Lipinski definition) is 6. The summed E-state index contributed by atoms with van der Waals surface area (Å²) in [5.74, 6) is 1.67. The summed E-state index contributed by atoms with van der Waals surface area (Å²) in [6, 6.07) is 16.5. The monoisotopic (exact) mass is 486 g/mol. The number of ether oxygens (including phenoxy) is 2. The predicted molar refractivity (Wildman–Crippen MR) is 126 cm³/mol. The van der Waals surface area contributed by atoms with Gasteiger partial charge in [0.1, 0.15) is 5.76 Å². The highest BCUT2D eigenvalue weighted by Crippen LogP contribution is 2.30. The van der Waals surface area contributed by atoms with Crippen LogP contribution in [0.15, 0.2) is 65.3 Å². The largest absolute Gasteiger partial charge is 0.493 e. The number of alkyl halides is 2. The zero-order valence-electron chi connectivity index (χ0n) is 18.9. The Hall–Kier alpha value is -3.50. The minimum Gasteiger partial charge on any atom is -0.493 e. The van der Waals surface area contributed by atoms with Crippen molar-refractivity contribution in [2.45, 2.75) is 26.7 Å². The number of halogens is 2. The lowest BCUT2D eigenvalue weighted by Gasteiger charge is -2.18. The summed E-state index contributed by atoms with van der Waals surface area (Å²) >= 11 is 5.79. The number of aromatic nitrogens is 3. The van der Waals surface area contributed by atoms with Gasteiger partial charge >= 0.3 is 6.61 Å². The number of rotatable bonds is 9. The molecule has 10 heteroatoms. The first-order valence-corrected chi connectivity index (χ1v) is 10.9. The van der Waals surface area contributed by atoms with Gasteiger partial charge in [-0.15, -0.1) is 5.10 Å². The zero-order valence-corrected chi connectivity index (χ0v) is 19.8. The highest BCUT2D eigenvalue weighted by molar-refractivity contribution is 7.71. The van der Waals surface area contributed by atoms with Crippen LogP contribution in [0, 0.1) is 11.7 Å². The molecule has 2 aromatic heterocycles. The van der Waals surface area contributed by atoms with Crippen molar-refractivity contribution in [2.24, 2.45) is 0 Å². The topological polar surface area (TPSA) is 57.6 Å². The minimum atomic E-state index is -2.92. The second-order valence-corrected chi connectivity index (χ2v) is 8.05. The molecule has 178 valence electrons. The van der Waals surface area contributed by atoms with E-state index in [1.54, 1.807) is 23.1 Å². The van der Waals surface area contributed by atoms with Gasteiger partial charge in [-0.3, -0.25) is 9.47 Å². The molecule has 0 aliphatic heterocycles. The van der Waals surface area contributed by atoms with Gasteiger partial charge in [0.15, 0.2) is 17.3 Å². The Morgan fingerprint density at radius 1 is 1.12 bits per heavy atom. The van der Waals surface area contributed by atoms with Crippen LogP contribution in [0.25, 0.3) is 17.1 Å². The summed E-state index contributed by atoms with van der Waals surface area (Å²) in [5.41, 5.74) is 2.62. The highest BCUT2D eigenvalue weighted by Gasteiger charge is 2.19. The quantitative estimate of drug-likeness (QED) is 0.284. The molecule has 4 rings (SSSR count). The van der Waals surface area contributed by atoms with Gasteiger partial charge < -0.3 is 13.9 Å². The van der Waals surface area contributed by atoms with E-state index in [-0.39, 0.29) is 11.5 Å². The molecule has 2 aromatic carbocycles. The standard InChI is InChI=1S/C24H24F2N4O3S/c1-16-19(11-12-32-16)22-27-29(24(34)30(22)18-7-5-4-6-8-18)15-28(2)14-17-9-10-20(33-23(25)26)21(13-17)31-3/h4-13,23H,14-15H2,1-3H3. The van der Waals surface area contributed by atoms with Crippen LogP contribution >= 0.6 is 12.2 Å². The number of aryl methyl sites for hydroxylation is 1. The first-order valence-electron chi connectivity index (χ1n) is 10.5. The van der Waals surface area contributed by atoms with Crippen molar-refractivity contribution in [1.29, 1.82) is 0 Å². The summed E-state index contributed by atoms with van der Waals surface area (Å²) in [5, 5.41) is 4.80. The number of nitrogens with zero attached hydrogens (tertiary/aromatic N) is 4. The number of furan rings is 1. The van der Waals surface area contributed by atoms with Crippen molar-refractivity contribution in [2.75, 3.05) is 14.2 Å². The maximum atomic E-state index is 12.6. The first kappa shape index (κ1) is 23.7. The molecule has 34 heavy (non-hydrogen) atoms. The van der Waals surface area contributed by atoms with Crippen molar-refractivity contribution >= 4 is 12.2 Å². The average molecular weight is 487 g/mol. The highest BCUT2D eigenvalue weighted by atomic mass is 32.1. The Morgan fingerprint density at radius 2 is 1.88 bits per heavy atom. The minimum absolute atomic E-state index is 0.00662. The van der Waals surface area contributed by atoms with E-state index in [9.17, 15) is 8.78 Å². The van der Waals surface area contributed by atoms with Crippen molar-refractivity contribution < 1.29 is 22.7 Å². The molecule has 0 atom stereocenters. The van der Waals surface area contributed by atoms with Crippen LogP contribution in [0.5, 0.6) is 11.5 Å². The van der Waals surface area contributed by atoms with Crippen LogP contribution in [0.4, 0.5) is 8.78 Å². The second-order valence-electron chi connectivity index (χ2n) is 7.69. The van der Waals surface area contributed by atoms with E-state index >= 15 is 0 Å². The van der Waals surface area contributed by atoms with Crippen LogP contribution in [0.1, 0.15) is 11.3 Å². The number of para-hydroxylation sites is 1. The van der Waals surface area contributed by atoms with Crippen molar-refractivity contribution in [3.05, 3.63) is 77.0 Å². The Morgan fingerprint density at radius 3 is 2.53 bits per heavy atom. The van der Waals surface area contributed by atoms with Gasteiger partial charge in [-0.05, 0) is 62.1 Å². The molecular weight excluding hydrogens is 462 g/mol. The molecular formula is C24H24F2N4O3S. The lowest BCUT2D eigenvalue weighted by Crippen LogP contribution is -2.22. The second kappa shape index (κ2) is 10.2. The number of benzene rings is 2. The fourth-order valence-electron chi connectivity index (χ4n) is 3.70. The lowest BCUT2D eigenvalue weighted by atomic mass is 10.2. The fraction of sp³-hybridized carbons (Fsp3) is 0.250. The molecule has 0 spiro atoms. The molecule has 0 radical (unpaired) electrons. The summed E-state index contributed by atoms with van der Waals surface area (Å²) in [6.07, 6.45) is 1.63. The maximum absolute atomic E-state index is 12.6. The summed E-state index contributed by atoms with van der Waals surface area (Å²) in [4.78, 5) is 2.01. The number of hydrogen-bond donors (Lipinski definition) is 0. The van der Waals surface area contributed by atoms with E-state index in [4.69, 9.17) is 26.5 Å². The van der Waals surface area contributed by atoms with Gasteiger partial charge in [0, 0.05) is 12.2 Å². The third-order valence-electron chi connectivity index (χ3n) is 5.23. The fourth-order valence-corrected chi connectivity index (χ4v) is 3.99. The smallest absolute Gasteiger partial charge is 0.387 e. The van der Waals surface area contributed by atoms with Crippen LogP contribution in [-0.4, -0.2) is 40.0 Å². The average Bonchev–Trinajstić information content (AvgIpc) is 3.37. The molecule has 0 unspecified atom stereocenters. The predicted octanol–water partition coefficient (Wildman–Crippen LogP) is 5.67. The van der Waals surface area contributed by atoms with E-state index in [0.717, 1.165) is 22.6 Å². The molecule has 0 saturated carbocycles. The molecule has 0 N–H and O–H groups in total. The Balaban J connectivity index is 1.61. The molecule has 4 aromatic rings. The maximum Gasteiger partial charge on any atom is 0.387 e. The normalized spacial score (nSPS) is 11.4. The van der Waals surface area contributed by atoms with Crippen LogP contribution in [0.2, 0.25) is 0 Å². The van der Waals surface area contributed by atoms with Crippen molar-refractivity contribution in [1.82, 2.24) is 19.2 Å². The van der Waals surface area contributed by atoms with E-state index in [1.807, 2.05) is 59.8 Å². The third-order valence-corrected chi connectivity index (χ3v) is 5.62. The van der Waals surface area contributed by atoms with Gasteiger partial charge in [0.2, 0.25) is 4.77 Å². The van der Waals surface area contributed by atoms with Crippen LogP contribution in [-0.2, 0) is 13.2 Å². The van der Waals surface area contributed by atoms with E-state index < -0.39 is 6.61 Å². The summed E-state index contributed by atoms with van der Waals surface area (Å²) in [7, 11) is 3.33. The Kier molecular flexibility index (Phi) is 7.09. The van der Waals surface area contributed by atoms with Crippen LogP contribution < -0.4 is 9.47 Å². The van der Waals surface area contributed by atoms with Crippen LogP contribution in [0.3, 0.4) is 0 Å². The molecule has 0 aliphatic carbocycles. The molecule has 0 bridgehead atoms. The third kappa shape index (κ3) is 5.02. The van der Waals surface area contributed by atoms with Gasteiger partial charge in [-0.1, -0.05) is 24.3 Å². The zero-order chi connectivity index (χ0) is 24.2. The summed E-state index contributed by atoms with van der Waals surface area (Å²) < 4.78 is 44.6. The van der Waals surface area contributed by atoms with E-state index in [0.29, 0.717) is 23.8 Å². The lowest BCUT2D eigenvalue weighted by molar-refractivity contribution is -0.0512. The molecule has 2 heterocycles. The SMILES string of the molecule is COc1cc(CN(C)Cn2nc(-c3ccoc3C)n(-c3ccccc3)c2=S)ccc1OC(F)F. The van der Waals surface area contributed by atoms with Gasteiger partial charge in [0.25, 0.3) is 0 Å². The first-order chi connectivity index (χ1) is 16.4. The van der Waals surface area contributed by atoms with Gasteiger partial charge in [-0.25, -0.2) is 4.68 Å². The Labute approximate surface area is 200 Å². The summed E-state index contributed by atoms with van der Waals surface area (Å²) in [6.45, 7) is -0.129. The molecule has 0 saturated heterocycles.